The second kappa shape index (κ2) is 9.62. The number of hydrogen-bond acceptors (Lipinski definition) is 4. The minimum atomic E-state index is -2.77. The molecule has 0 aromatic carbocycles. The van der Waals surface area contributed by atoms with Gasteiger partial charge in [0.15, 0.2) is 25.0 Å². The van der Waals surface area contributed by atoms with Crippen LogP contribution in [0.2, 0.25) is 65.0 Å². The molecule has 148 valence electrons. The molecule has 0 radical (unpaired) electrons. The highest BCUT2D eigenvalue weighted by molar-refractivity contribution is 6.90. The molecule has 0 unspecified atom stereocenters. The second-order valence-corrected chi connectivity index (χ2v) is 26.1. The molecule has 1 amide bonds. The first-order valence-electron chi connectivity index (χ1n) is 8.79. The third-order valence-corrected chi connectivity index (χ3v) is 14.6. The fourth-order valence-electron chi connectivity index (χ4n) is 2.27. The fourth-order valence-corrected chi connectivity index (χ4v) is 16.9. The van der Waals surface area contributed by atoms with Gasteiger partial charge in [0.25, 0.3) is 0 Å². The molecular weight excluding hydrogens is 387 g/mol. The van der Waals surface area contributed by atoms with E-state index < -0.39 is 39.8 Å². The first-order chi connectivity index (χ1) is 11.0. The van der Waals surface area contributed by atoms with E-state index in [1.54, 1.807) is 0 Å². The quantitative estimate of drug-likeness (QED) is 0.359. The van der Waals surface area contributed by atoms with Gasteiger partial charge in [-0.05, 0) is 71.8 Å². The van der Waals surface area contributed by atoms with Crippen molar-refractivity contribution < 1.29 is 22.2 Å². The summed E-state index contributed by atoms with van der Waals surface area (Å²) in [5.74, 6) is 0. The van der Waals surface area contributed by atoms with Crippen LogP contribution in [0.15, 0.2) is 12.3 Å². The van der Waals surface area contributed by atoms with Crippen LogP contribution in [0.3, 0.4) is 0 Å². The lowest BCUT2D eigenvalue weighted by molar-refractivity contribution is 0.198. The second-order valence-electron chi connectivity index (χ2n) is 9.07. The average Bonchev–Trinajstić information content (AvgIpc) is 2.25. The molecule has 6 nitrogen and oxygen atoms in total. The number of unbranched alkanes of at least 4 members (excludes halogenated alkanes) is 1. The van der Waals surface area contributed by atoms with Crippen molar-refractivity contribution >= 4 is 39.8 Å². The van der Waals surface area contributed by atoms with Gasteiger partial charge in [-0.3, -0.25) is 5.32 Å². The molecular formula is C15H37NO5Si4. The summed E-state index contributed by atoms with van der Waals surface area (Å²) in [7, 11) is -8.27. The summed E-state index contributed by atoms with van der Waals surface area (Å²) in [5.41, 5.74) is 0. The van der Waals surface area contributed by atoms with Crippen molar-refractivity contribution in [3.63, 3.8) is 0 Å². The first kappa shape index (κ1) is 24.8. The van der Waals surface area contributed by atoms with E-state index in [0.717, 1.165) is 18.9 Å². The van der Waals surface area contributed by atoms with E-state index in [4.69, 9.17) is 17.5 Å². The summed E-state index contributed by atoms with van der Waals surface area (Å²) >= 11 is 0. The summed E-state index contributed by atoms with van der Waals surface area (Å²) in [5, 5.41) is 10.8. The Morgan fingerprint density at radius 3 is 1.60 bits per heavy atom. The number of nitrogens with one attached hydrogen (secondary N) is 1. The van der Waals surface area contributed by atoms with Gasteiger partial charge in [-0.1, -0.05) is 6.08 Å². The monoisotopic (exact) mass is 423 g/mol. The van der Waals surface area contributed by atoms with Gasteiger partial charge in [0, 0.05) is 12.2 Å². The SMILES string of the molecule is C[Si](C)(C)O[Si](CCCC=CNC(=O)O)(O[Si](C)(C)C)O[Si](C)(C)C. The van der Waals surface area contributed by atoms with Crippen LogP contribution in [0.4, 0.5) is 4.79 Å². The lowest BCUT2D eigenvalue weighted by atomic mass is 10.3. The Balaban J connectivity index is 5.23. The zero-order valence-corrected chi connectivity index (χ0v) is 21.4. The zero-order chi connectivity index (χ0) is 19.9. The summed E-state index contributed by atoms with van der Waals surface area (Å²) in [6.45, 7) is 19.6. The molecule has 0 saturated carbocycles. The normalized spacial score (nSPS) is 14.1. The van der Waals surface area contributed by atoms with Crippen LogP contribution in [0, 0.1) is 0 Å². The number of allylic oxidation sites excluding steroid dienone is 1. The third-order valence-electron chi connectivity index (χ3n) is 2.56. The lowest BCUT2D eigenvalue weighted by Gasteiger charge is -2.42. The Hall–Kier alpha value is -0.242. The Morgan fingerprint density at radius 2 is 1.28 bits per heavy atom. The molecule has 0 bridgehead atoms. The van der Waals surface area contributed by atoms with Crippen molar-refractivity contribution in [1.82, 2.24) is 5.32 Å². The maximum absolute atomic E-state index is 10.5. The molecule has 0 saturated heterocycles. The third kappa shape index (κ3) is 14.6. The minimum absolute atomic E-state index is 0.758. The molecule has 0 rings (SSSR count). The van der Waals surface area contributed by atoms with E-state index in [0.29, 0.717) is 0 Å². The minimum Gasteiger partial charge on any atom is -0.465 e. The number of carbonyl (C=O) groups is 1. The topological polar surface area (TPSA) is 77.0 Å². The molecule has 0 heterocycles. The van der Waals surface area contributed by atoms with E-state index in [9.17, 15) is 4.79 Å². The summed E-state index contributed by atoms with van der Waals surface area (Å²) in [4.78, 5) is 10.5. The number of carboxylic acid groups (broad SMARTS) is 1. The lowest BCUT2D eigenvalue weighted by Crippen LogP contribution is -2.60. The van der Waals surface area contributed by atoms with Crippen molar-refractivity contribution in [3.05, 3.63) is 12.3 Å². The Bertz CT molecular complexity index is 412. The highest BCUT2D eigenvalue weighted by Crippen LogP contribution is 2.30. The zero-order valence-electron chi connectivity index (χ0n) is 17.4. The van der Waals surface area contributed by atoms with Gasteiger partial charge >= 0.3 is 14.9 Å². The number of hydrogen-bond donors (Lipinski definition) is 2. The van der Waals surface area contributed by atoms with Gasteiger partial charge in [0.1, 0.15) is 0 Å². The molecule has 0 atom stereocenters. The molecule has 2 N–H and O–H groups in total. The van der Waals surface area contributed by atoms with Crippen LogP contribution in [0.1, 0.15) is 12.8 Å². The highest BCUT2D eigenvalue weighted by Gasteiger charge is 2.49. The maximum atomic E-state index is 10.5. The predicted octanol–water partition coefficient (Wildman–Crippen LogP) is 5.04. The molecule has 25 heavy (non-hydrogen) atoms. The van der Waals surface area contributed by atoms with Gasteiger partial charge in [-0.2, -0.15) is 0 Å². The standard InChI is InChI=1S/C15H37NO5Si4/c1-22(2,3)19-25(20-23(4,5)6,21-24(7,8)9)14-12-10-11-13-16-15(17)18/h11,13,16H,10,12,14H2,1-9H3,(H,17,18). The summed E-state index contributed by atoms with van der Waals surface area (Å²) in [6.07, 6.45) is 3.85. The van der Waals surface area contributed by atoms with Crippen molar-refractivity contribution in [2.75, 3.05) is 0 Å². The smallest absolute Gasteiger partial charge is 0.465 e. The Kier molecular flexibility index (Phi) is 9.53. The van der Waals surface area contributed by atoms with Gasteiger partial charge in [-0.15, -0.1) is 0 Å². The van der Waals surface area contributed by atoms with E-state index >= 15 is 0 Å². The Morgan fingerprint density at radius 1 is 0.880 bits per heavy atom. The van der Waals surface area contributed by atoms with E-state index in [2.05, 4.69) is 64.2 Å². The first-order valence-corrected chi connectivity index (χ1v) is 20.9. The van der Waals surface area contributed by atoms with E-state index in [1.807, 2.05) is 6.08 Å². The van der Waals surface area contributed by atoms with E-state index in [-0.39, 0.29) is 0 Å². The molecule has 0 aromatic rings. The van der Waals surface area contributed by atoms with Crippen LogP contribution < -0.4 is 5.32 Å². The van der Waals surface area contributed by atoms with Crippen LogP contribution in [-0.2, 0) is 12.3 Å². The van der Waals surface area contributed by atoms with Gasteiger partial charge < -0.3 is 17.5 Å². The molecule has 0 aliphatic rings. The fraction of sp³-hybridized carbons (Fsp3) is 0.800. The molecule has 0 fully saturated rings. The molecule has 0 aromatic heterocycles. The number of amides is 1. The van der Waals surface area contributed by atoms with Gasteiger partial charge in [-0.25, -0.2) is 4.79 Å². The molecule has 0 aliphatic heterocycles. The van der Waals surface area contributed by atoms with Crippen LogP contribution in [0.5, 0.6) is 0 Å². The van der Waals surface area contributed by atoms with Gasteiger partial charge in [0.05, 0.1) is 0 Å². The van der Waals surface area contributed by atoms with Crippen molar-refractivity contribution in [1.29, 1.82) is 0 Å². The van der Waals surface area contributed by atoms with Crippen LogP contribution >= 0.6 is 0 Å². The van der Waals surface area contributed by atoms with Crippen LogP contribution in [0.25, 0.3) is 0 Å². The summed E-state index contributed by atoms with van der Waals surface area (Å²) < 4.78 is 19.8. The van der Waals surface area contributed by atoms with Crippen molar-refractivity contribution in [3.8, 4) is 0 Å². The molecule has 0 spiro atoms. The van der Waals surface area contributed by atoms with Crippen LogP contribution in [-0.4, -0.2) is 45.0 Å². The van der Waals surface area contributed by atoms with Crippen molar-refractivity contribution in [2.24, 2.45) is 0 Å². The number of rotatable bonds is 11. The largest absolute Gasteiger partial charge is 0.469 e. The molecule has 10 heteroatoms. The van der Waals surface area contributed by atoms with E-state index in [1.165, 1.54) is 6.20 Å². The van der Waals surface area contributed by atoms with Crippen molar-refractivity contribution in [2.45, 2.75) is 77.8 Å². The highest BCUT2D eigenvalue weighted by atomic mass is 28.5. The summed E-state index contributed by atoms with van der Waals surface area (Å²) in [6, 6.07) is 0.767. The predicted molar refractivity (Wildman–Crippen MR) is 113 cm³/mol. The Labute approximate surface area is 157 Å². The molecule has 0 aliphatic carbocycles. The average molecular weight is 424 g/mol. The maximum Gasteiger partial charge on any atom is 0.469 e. The van der Waals surface area contributed by atoms with Gasteiger partial charge in [0.2, 0.25) is 0 Å².